The van der Waals surface area contributed by atoms with Crippen molar-refractivity contribution in [2.24, 2.45) is 0 Å². The third-order valence-electron chi connectivity index (χ3n) is 1.42. The van der Waals surface area contributed by atoms with Crippen LogP contribution in [0.15, 0.2) is 23.1 Å². The van der Waals surface area contributed by atoms with Crippen molar-refractivity contribution in [3.05, 3.63) is 29.6 Å². The molecule has 0 saturated heterocycles. The van der Waals surface area contributed by atoms with Crippen molar-refractivity contribution in [2.45, 2.75) is 11.5 Å². The van der Waals surface area contributed by atoms with Gasteiger partial charge in [-0.1, -0.05) is 6.07 Å². The van der Waals surface area contributed by atoms with Gasteiger partial charge in [-0.15, -0.1) is 0 Å². The van der Waals surface area contributed by atoms with Crippen molar-refractivity contribution in [2.75, 3.05) is 0 Å². The SMILES string of the molecule is O=S(O)c1cccc(F)c1CO. The fourth-order valence-electron chi connectivity index (χ4n) is 0.856. The highest BCUT2D eigenvalue weighted by molar-refractivity contribution is 7.79. The predicted molar refractivity (Wildman–Crippen MR) is 41.4 cm³/mol. The molecule has 1 rings (SSSR count). The lowest BCUT2D eigenvalue weighted by atomic mass is 10.2. The average molecular weight is 190 g/mol. The van der Waals surface area contributed by atoms with Crippen LogP contribution in [0.2, 0.25) is 0 Å². The minimum absolute atomic E-state index is 0.0856. The average Bonchev–Trinajstić information content (AvgIpc) is 2.03. The summed E-state index contributed by atoms with van der Waals surface area (Å²) in [4.78, 5) is -0.0856. The maximum absolute atomic E-state index is 12.8. The van der Waals surface area contributed by atoms with E-state index in [1.165, 1.54) is 12.1 Å². The molecule has 2 N–H and O–H groups in total. The summed E-state index contributed by atoms with van der Waals surface area (Å²) in [6.07, 6.45) is 0. The van der Waals surface area contributed by atoms with Gasteiger partial charge < -0.3 is 9.66 Å². The van der Waals surface area contributed by atoms with Crippen molar-refractivity contribution >= 4 is 11.1 Å². The molecule has 3 nitrogen and oxygen atoms in total. The topological polar surface area (TPSA) is 57.5 Å². The van der Waals surface area contributed by atoms with Crippen molar-refractivity contribution < 1.29 is 18.3 Å². The van der Waals surface area contributed by atoms with Crippen LogP contribution in [-0.4, -0.2) is 13.9 Å². The molecule has 0 bridgehead atoms. The van der Waals surface area contributed by atoms with Gasteiger partial charge in [-0.2, -0.15) is 0 Å². The first-order chi connectivity index (χ1) is 5.66. The van der Waals surface area contributed by atoms with Gasteiger partial charge in [-0.05, 0) is 12.1 Å². The molecule has 0 radical (unpaired) electrons. The molecule has 1 aromatic carbocycles. The van der Waals surface area contributed by atoms with Crippen LogP contribution in [0.5, 0.6) is 0 Å². The summed E-state index contributed by atoms with van der Waals surface area (Å²) in [5.74, 6) is -0.669. The minimum atomic E-state index is -2.25. The van der Waals surface area contributed by atoms with E-state index in [9.17, 15) is 8.60 Å². The molecule has 0 saturated carbocycles. The second kappa shape index (κ2) is 3.75. The smallest absolute Gasteiger partial charge is 0.186 e. The maximum Gasteiger partial charge on any atom is 0.186 e. The zero-order chi connectivity index (χ0) is 9.14. The van der Waals surface area contributed by atoms with Gasteiger partial charge in [0.25, 0.3) is 0 Å². The van der Waals surface area contributed by atoms with E-state index in [4.69, 9.17) is 9.66 Å². The normalized spacial score (nSPS) is 12.9. The van der Waals surface area contributed by atoms with Gasteiger partial charge in [0.05, 0.1) is 11.5 Å². The minimum Gasteiger partial charge on any atom is -0.392 e. The van der Waals surface area contributed by atoms with Crippen molar-refractivity contribution in [1.29, 1.82) is 0 Å². The highest BCUT2D eigenvalue weighted by Gasteiger charge is 2.10. The van der Waals surface area contributed by atoms with Crippen molar-refractivity contribution in [3.8, 4) is 0 Å². The first kappa shape index (κ1) is 9.31. The van der Waals surface area contributed by atoms with Gasteiger partial charge in [0.15, 0.2) is 11.1 Å². The fraction of sp³-hybridized carbons (Fsp3) is 0.143. The highest BCUT2D eigenvalue weighted by atomic mass is 32.2. The van der Waals surface area contributed by atoms with E-state index in [-0.39, 0.29) is 10.5 Å². The second-order valence-electron chi connectivity index (χ2n) is 2.12. The lowest BCUT2D eigenvalue weighted by molar-refractivity contribution is 0.272. The van der Waals surface area contributed by atoms with Gasteiger partial charge in [0.2, 0.25) is 0 Å². The standard InChI is InChI=1S/C7H7FO3S/c8-6-2-1-3-7(12(10)11)5(6)4-9/h1-3,9H,4H2,(H,10,11). The predicted octanol–water partition coefficient (Wildman–Crippen LogP) is 0.899. The van der Waals surface area contributed by atoms with Gasteiger partial charge in [0.1, 0.15) is 5.82 Å². The Labute approximate surface area is 71.1 Å². The molecule has 0 heterocycles. The van der Waals surface area contributed by atoms with E-state index in [0.717, 1.165) is 6.07 Å². The van der Waals surface area contributed by atoms with E-state index in [2.05, 4.69) is 0 Å². The summed E-state index contributed by atoms with van der Waals surface area (Å²) >= 11 is -2.25. The molecule has 5 heteroatoms. The molecule has 0 aliphatic rings. The van der Waals surface area contributed by atoms with Crippen LogP contribution in [0.1, 0.15) is 5.56 Å². The Morgan fingerprint density at radius 3 is 2.58 bits per heavy atom. The fourth-order valence-corrected chi connectivity index (χ4v) is 1.42. The van der Waals surface area contributed by atoms with Crippen LogP contribution in [0.25, 0.3) is 0 Å². The number of aliphatic hydroxyl groups is 1. The van der Waals surface area contributed by atoms with E-state index in [1.807, 2.05) is 0 Å². The summed E-state index contributed by atoms with van der Waals surface area (Å²) in [5.41, 5.74) is -0.127. The zero-order valence-corrected chi connectivity index (χ0v) is 6.84. The number of rotatable bonds is 2. The van der Waals surface area contributed by atoms with Crippen LogP contribution in [0, 0.1) is 5.82 Å². The molecule has 0 fully saturated rings. The van der Waals surface area contributed by atoms with E-state index >= 15 is 0 Å². The summed E-state index contributed by atoms with van der Waals surface area (Å²) in [7, 11) is 0. The van der Waals surface area contributed by atoms with Crippen LogP contribution in [-0.2, 0) is 17.7 Å². The summed E-state index contributed by atoms with van der Waals surface area (Å²) in [6, 6.07) is 3.74. The lowest BCUT2D eigenvalue weighted by Crippen LogP contribution is -1.99. The summed E-state index contributed by atoms with van der Waals surface area (Å²) in [6.45, 7) is -0.575. The molecule has 0 aromatic heterocycles. The molecule has 1 unspecified atom stereocenters. The van der Waals surface area contributed by atoms with E-state index < -0.39 is 23.5 Å². The van der Waals surface area contributed by atoms with Crippen LogP contribution in [0.4, 0.5) is 4.39 Å². The van der Waals surface area contributed by atoms with Crippen LogP contribution in [0.3, 0.4) is 0 Å². The number of halogens is 1. The number of benzene rings is 1. The van der Waals surface area contributed by atoms with Gasteiger partial charge in [-0.25, -0.2) is 8.60 Å². The third-order valence-corrected chi connectivity index (χ3v) is 2.18. The Hall–Kier alpha value is -0.780. The number of hydrogen-bond acceptors (Lipinski definition) is 2. The van der Waals surface area contributed by atoms with Crippen molar-refractivity contribution in [1.82, 2.24) is 0 Å². The molecule has 12 heavy (non-hydrogen) atoms. The first-order valence-corrected chi connectivity index (χ1v) is 4.26. The quantitative estimate of drug-likeness (QED) is 0.681. The van der Waals surface area contributed by atoms with Gasteiger partial charge in [-0.3, -0.25) is 0 Å². The molecule has 0 aliphatic carbocycles. The Morgan fingerprint density at radius 2 is 2.17 bits per heavy atom. The monoisotopic (exact) mass is 190 g/mol. The second-order valence-corrected chi connectivity index (χ2v) is 3.06. The number of aliphatic hydroxyl groups excluding tert-OH is 1. The molecular weight excluding hydrogens is 183 g/mol. The molecule has 1 aromatic rings. The number of hydrogen-bond donors (Lipinski definition) is 2. The van der Waals surface area contributed by atoms with Gasteiger partial charge in [0, 0.05) is 5.56 Å². The Morgan fingerprint density at radius 1 is 1.50 bits per heavy atom. The largest absolute Gasteiger partial charge is 0.392 e. The highest BCUT2D eigenvalue weighted by Crippen LogP contribution is 2.15. The Balaban J connectivity index is 3.27. The first-order valence-electron chi connectivity index (χ1n) is 3.16. The summed E-state index contributed by atoms with van der Waals surface area (Å²) < 4.78 is 32.0. The molecule has 0 aliphatic heterocycles. The van der Waals surface area contributed by atoms with Gasteiger partial charge >= 0.3 is 0 Å². The van der Waals surface area contributed by atoms with Crippen LogP contribution < -0.4 is 0 Å². The maximum atomic E-state index is 12.8. The molecule has 0 spiro atoms. The van der Waals surface area contributed by atoms with E-state index in [1.54, 1.807) is 0 Å². The molecular formula is C7H7FO3S. The Bertz CT molecular complexity index is 314. The molecule has 0 amide bonds. The summed E-state index contributed by atoms with van der Waals surface area (Å²) in [5, 5.41) is 8.66. The van der Waals surface area contributed by atoms with Crippen LogP contribution >= 0.6 is 0 Å². The molecule has 66 valence electrons. The molecule has 1 atom stereocenters. The zero-order valence-electron chi connectivity index (χ0n) is 6.03. The Kier molecular flexibility index (Phi) is 2.91. The van der Waals surface area contributed by atoms with E-state index in [0.29, 0.717) is 0 Å². The lowest BCUT2D eigenvalue weighted by Gasteiger charge is -2.02. The van der Waals surface area contributed by atoms with Crippen molar-refractivity contribution in [3.63, 3.8) is 0 Å². The third kappa shape index (κ3) is 1.69.